The van der Waals surface area contributed by atoms with Crippen molar-refractivity contribution in [1.82, 2.24) is 14.5 Å². The molecule has 3 aromatic carbocycles. The van der Waals surface area contributed by atoms with Gasteiger partial charge < -0.3 is 4.74 Å². The lowest BCUT2D eigenvalue weighted by molar-refractivity contribution is 0.102. The molecule has 1 aliphatic heterocycles. The van der Waals surface area contributed by atoms with E-state index in [1.165, 1.54) is 30.4 Å². The van der Waals surface area contributed by atoms with Crippen molar-refractivity contribution in [1.29, 1.82) is 0 Å². The van der Waals surface area contributed by atoms with Crippen LogP contribution in [-0.2, 0) is 13.1 Å². The van der Waals surface area contributed by atoms with Crippen LogP contribution in [0.2, 0.25) is 0 Å². The minimum atomic E-state index is -0.165. The van der Waals surface area contributed by atoms with Gasteiger partial charge in [0.2, 0.25) is 5.95 Å². The third-order valence-corrected chi connectivity index (χ3v) is 6.67. The summed E-state index contributed by atoms with van der Waals surface area (Å²) in [5.74, 6) is 1.07. The van der Waals surface area contributed by atoms with E-state index in [1.807, 2.05) is 77.5 Å². The number of para-hydroxylation sites is 1. The molecule has 1 amide bonds. The number of hydrogen-bond acceptors (Lipinski definition) is 4. The first-order valence-electron chi connectivity index (χ1n) is 12.6. The molecule has 184 valence electrons. The van der Waals surface area contributed by atoms with Crippen LogP contribution < -0.4 is 10.1 Å². The molecule has 0 fully saturated rings. The van der Waals surface area contributed by atoms with Gasteiger partial charge in [-0.3, -0.25) is 19.6 Å². The van der Waals surface area contributed by atoms with Crippen LogP contribution in [0.4, 0.5) is 5.95 Å². The molecule has 1 aromatic heterocycles. The standard InChI is InChI=1S/C30H32N4O2/c1-3-4-8-16-33-19-24-15-14-23(17-25(24)20-33)29(35)32-30-31-28(22-10-9-13-27(18-22)36-2)21-34(30)26-11-6-5-7-12-26/h5-7,9-15,17-18,21H,3-4,8,16,19-20H2,1-2H3,(H,31,32,35). The van der Waals surface area contributed by atoms with Crippen LogP contribution in [0.15, 0.2) is 79.0 Å². The number of methoxy groups -OCH3 is 1. The molecule has 4 aromatic rings. The Labute approximate surface area is 212 Å². The van der Waals surface area contributed by atoms with Gasteiger partial charge in [0.1, 0.15) is 5.75 Å². The smallest absolute Gasteiger partial charge is 0.257 e. The molecule has 5 rings (SSSR count). The van der Waals surface area contributed by atoms with Crippen LogP contribution >= 0.6 is 0 Å². The van der Waals surface area contributed by atoms with Crippen LogP contribution in [0, 0.1) is 0 Å². The van der Waals surface area contributed by atoms with E-state index < -0.39 is 0 Å². The molecule has 0 saturated heterocycles. The molecule has 0 bridgehead atoms. The van der Waals surface area contributed by atoms with Gasteiger partial charge in [0.25, 0.3) is 5.91 Å². The summed E-state index contributed by atoms with van der Waals surface area (Å²) < 4.78 is 7.30. The quantitative estimate of drug-likeness (QED) is 0.285. The van der Waals surface area contributed by atoms with Gasteiger partial charge in [-0.25, -0.2) is 4.98 Å². The summed E-state index contributed by atoms with van der Waals surface area (Å²) in [5.41, 5.74) is 5.79. The molecule has 0 spiro atoms. The maximum atomic E-state index is 13.3. The number of amides is 1. The van der Waals surface area contributed by atoms with E-state index in [1.54, 1.807) is 7.11 Å². The molecular formula is C30H32N4O2. The molecule has 0 unspecified atom stereocenters. The first-order chi connectivity index (χ1) is 17.6. The van der Waals surface area contributed by atoms with Gasteiger partial charge in [-0.05, 0) is 60.5 Å². The van der Waals surface area contributed by atoms with Crippen molar-refractivity contribution in [2.75, 3.05) is 19.0 Å². The van der Waals surface area contributed by atoms with Gasteiger partial charge in [-0.15, -0.1) is 0 Å². The topological polar surface area (TPSA) is 59.4 Å². The van der Waals surface area contributed by atoms with Crippen molar-refractivity contribution in [3.63, 3.8) is 0 Å². The molecule has 0 aliphatic carbocycles. The first-order valence-corrected chi connectivity index (χ1v) is 12.6. The number of aromatic nitrogens is 2. The average Bonchev–Trinajstić information content (AvgIpc) is 3.53. The minimum Gasteiger partial charge on any atom is -0.497 e. The second-order valence-corrected chi connectivity index (χ2v) is 9.24. The van der Waals surface area contributed by atoms with Crippen LogP contribution in [0.3, 0.4) is 0 Å². The molecule has 1 aliphatic rings. The number of unbranched alkanes of at least 4 members (excludes halogenated alkanes) is 2. The summed E-state index contributed by atoms with van der Waals surface area (Å²) in [5, 5.41) is 3.06. The Kier molecular flexibility index (Phi) is 7.14. The predicted molar refractivity (Wildman–Crippen MR) is 144 cm³/mol. The Bertz CT molecular complexity index is 1350. The zero-order valence-electron chi connectivity index (χ0n) is 20.9. The summed E-state index contributed by atoms with van der Waals surface area (Å²) in [6.45, 7) is 5.19. The fraction of sp³-hybridized carbons (Fsp3) is 0.267. The van der Waals surface area contributed by atoms with Gasteiger partial charge >= 0.3 is 0 Å². The Balaban J connectivity index is 1.40. The number of ether oxygens (including phenoxy) is 1. The van der Waals surface area contributed by atoms with Gasteiger partial charge in [-0.1, -0.05) is 56.2 Å². The summed E-state index contributed by atoms with van der Waals surface area (Å²) in [7, 11) is 1.65. The summed E-state index contributed by atoms with van der Waals surface area (Å²) in [6, 6.07) is 23.7. The van der Waals surface area contributed by atoms with Crippen LogP contribution in [0.25, 0.3) is 16.9 Å². The Morgan fingerprint density at radius 2 is 1.81 bits per heavy atom. The number of fused-ring (bicyclic) bond motifs is 1. The molecule has 6 nitrogen and oxygen atoms in total. The summed E-state index contributed by atoms with van der Waals surface area (Å²) >= 11 is 0. The molecule has 2 heterocycles. The SMILES string of the molecule is CCCCCN1Cc2ccc(C(=O)Nc3nc(-c4cccc(OC)c4)cn3-c3ccccc3)cc2C1. The number of rotatable bonds is 9. The lowest BCUT2D eigenvalue weighted by atomic mass is 10.1. The van der Waals surface area contributed by atoms with Gasteiger partial charge in [0.05, 0.1) is 12.8 Å². The number of anilines is 1. The van der Waals surface area contributed by atoms with E-state index in [2.05, 4.69) is 23.2 Å². The highest BCUT2D eigenvalue weighted by molar-refractivity contribution is 6.03. The third kappa shape index (κ3) is 5.19. The average molecular weight is 481 g/mol. The molecule has 6 heteroatoms. The van der Waals surface area contributed by atoms with E-state index in [9.17, 15) is 4.79 Å². The Morgan fingerprint density at radius 3 is 2.61 bits per heavy atom. The summed E-state index contributed by atoms with van der Waals surface area (Å²) in [4.78, 5) is 20.6. The van der Waals surface area contributed by atoms with Gasteiger partial charge in [0, 0.05) is 36.1 Å². The number of nitrogens with one attached hydrogen (secondary N) is 1. The molecule has 0 saturated carbocycles. The van der Waals surface area contributed by atoms with Gasteiger partial charge in [-0.2, -0.15) is 0 Å². The highest BCUT2D eigenvalue weighted by atomic mass is 16.5. The van der Waals surface area contributed by atoms with Crippen LogP contribution in [-0.4, -0.2) is 34.0 Å². The minimum absolute atomic E-state index is 0.165. The van der Waals surface area contributed by atoms with Crippen LogP contribution in [0.5, 0.6) is 5.75 Å². The maximum Gasteiger partial charge on any atom is 0.257 e. The normalized spacial score (nSPS) is 12.9. The monoisotopic (exact) mass is 480 g/mol. The number of imidazole rings is 1. The van der Waals surface area contributed by atoms with Crippen molar-refractivity contribution in [3.8, 4) is 22.7 Å². The second-order valence-electron chi connectivity index (χ2n) is 9.24. The number of hydrogen-bond donors (Lipinski definition) is 1. The van der Waals surface area contributed by atoms with Crippen LogP contribution in [0.1, 0.15) is 47.7 Å². The molecular weight excluding hydrogens is 448 g/mol. The fourth-order valence-corrected chi connectivity index (χ4v) is 4.70. The Morgan fingerprint density at radius 1 is 0.972 bits per heavy atom. The Hall–Kier alpha value is -3.90. The van der Waals surface area contributed by atoms with E-state index >= 15 is 0 Å². The largest absolute Gasteiger partial charge is 0.497 e. The number of benzene rings is 3. The first kappa shape index (κ1) is 23.8. The number of carbonyl (C=O) groups excluding carboxylic acids is 1. The van der Waals surface area contributed by atoms with E-state index in [-0.39, 0.29) is 5.91 Å². The lowest BCUT2D eigenvalue weighted by Gasteiger charge is -2.13. The number of carbonyl (C=O) groups is 1. The van der Waals surface area contributed by atoms with E-state index in [4.69, 9.17) is 9.72 Å². The molecule has 36 heavy (non-hydrogen) atoms. The second kappa shape index (κ2) is 10.8. The highest BCUT2D eigenvalue weighted by Crippen LogP contribution is 2.28. The molecule has 0 radical (unpaired) electrons. The van der Waals surface area contributed by atoms with Crippen molar-refractivity contribution in [2.45, 2.75) is 39.3 Å². The zero-order chi connectivity index (χ0) is 24.9. The van der Waals surface area contributed by atoms with Crippen molar-refractivity contribution >= 4 is 11.9 Å². The van der Waals surface area contributed by atoms with Crippen molar-refractivity contribution in [2.24, 2.45) is 0 Å². The lowest BCUT2D eigenvalue weighted by Crippen LogP contribution is -2.17. The zero-order valence-corrected chi connectivity index (χ0v) is 20.9. The van der Waals surface area contributed by atoms with Gasteiger partial charge in [0.15, 0.2) is 0 Å². The number of nitrogens with zero attached hydrogens (tertiary/aromatic N) is 3. The van der Waals surface area contributed by atoms with E-state index in [0.29, 0.717) is 11.5 Å². The van der Waals surface area contributed by atoms with E-state index in [0.717, 1.165) is 42.3 Å². The summed E-state index contributed by atoms with van der Waals surface area (Å²) in [6.07, 6.45) is 5.64. The maximum absolute atomic E-state index is 13.3. The van der Waals surface area contributed by atoms with Crippen molar-refractivity contribution in [3.05, 3.63) is 95.7 Å². The predicted octanol–water partition coefficient (Wildman–Crippen LogP) is 6.31. The fourth-order valence-electron chi connectivity index (χ4n) is 4.70. The molecule has 1 N–H and O–H groups in total. The highest BCUT2D eigenvalue weighted by Gasteiger charge is 2.21. The molecule has 0 atom stereocenters. The third-order valence-electron chi connectivity index (χ3n) is 6.67. The van der Waals surface area contributed by atoms with Crippen molar-refractivity contribution < 1.29 is 9.53 Å².